The topological polar surface area (TPSA) is 52.3 Å². The first-order valence-electron chi connectivity index (χ1n) is 5.64. The summed E-state index contributed by atoms with van der Waals surface area (Å²) in [5, 5.41) is 0. The van der Waals surface area contributed by atoms with Crippen LogP contribution in [0, 0.1) is 0 Å². The van der Waals surface area contributed by atoms with Gasteiger partial charge in [0, 0.05) is 0 Å². The molecule has 0 aromatic heterocycles. The van der Waals surface area contributed by atoms with E-state index in [4.69, 9.17) is 10.5 Å². The van der Waals surface area contributed by atoms with Crippen molar-refractivity contribution in [2.45, 2.75) is 31.2 Å². The molecule has 0 aliphatic heterocycles. The first-order valence-corrected chi connectivity index (χ1v) is 5.64. The van der Waals surface area contributed by atoms with Crippen LogP contribution < -0.4 is 5.73 Å². The van der Waals surface area contributed by atoms with Crippen molar-refractivity contribution >= 4 is 5.97 Å². The summed E-state index contributed by atoms with van der Waals surface area (Å²) in [5.74, 6) is -0.332. The highest BCUT2D eigenvalue weighted by Gasteiger charge is 2.39. The summed E-state index contributed by atoms with van der Waals surface area (Å²) >= 11 is 0. The molecule has 1 aromatic rings. The summed E-state index contributed by atoms with van der Waals surface area (Å²) in [6.45, 7) is 0. The maximum atomic E-state index is 11.9. The monoisotopic (exact) mass is 219 g/mol. The summed E-state index contributed by atoms with van der Waals surface area (Å²) in [6, 6.07) is 7.90. The zero-order chi connectivity index (χ0) is 11.6. The van der Waals surface area contributed by atoms with Crippen molar-refractivity contribution in [2.24, 2.45) is 5.73 Å². The first kappa shape index (κ1) is 11.1. The van der Waals surface area contributed by atoms with Crippen LogP contribution in [0.2, 0.25) is 0 Å². The maximum absolute atomic E-state index is 11.9. The number of nitrogens with two attached hydrogens (primary N) is 1. The Bertz CT molecular complexity index is 403. The Morgan fingerprint density at radius 2 is 2.12 bits per heavy atom. The van der Waals surface area contributed by atoms with Crippen LogP contribution in [-0.2, 0) is 21.5 Å². The van der Waals surface area contributed by atoms with Crippen LogP contribution in [0.3, 0.4) is 0 Å². The van der Waals surface area contributed by atoms with E-state index in [1.807, 2.05) is 24.3 Å². The Morgan fingerprint density at radius 3 is 2.88 bits per heavy atom. The van der Waals surface area contributed by atoms with Crippen LogP contribution in [-0.4, -0.2) is 13.1 Å². The molecule has 0 saturated carbocycles. The smallest absolute Gasteiger partial charge is 0.330 e. The summed E-state index contributed by atoms with van der Waals surface area (Å²) in [4.78, 5) is 11.9. The van der Waals surface area contributed by atoms with Crippen molar-refractivity contribution in [1.82, 2.24) is 0 Å². The average Bonchev–Trinajstić information content (AvgIpc) is 2.49. The van der Waals surface area contributed by atoms with E-state index in [0.717, 1.165) is 24.8 Å². The molecule has 2 N–H and O–H groups in total. The molecule has 1 aliphatic carbocycles. The van der Waals surface area contributed by atoms with Crippen LogP contribution in [0.4, 0.5) is 0 Å². The SMILES string of the molecule is COC(=O)C1(N)CCCCc2ccccc21. The van der Waals surface area contributed by atoms with E-state index < -0.39 is 5.54 Å². The van der Waals surface area contributed by atoms with Crippen molar-refractivity contribution in [3.05, 3.63) is 35.4 Å². The van der Waals surface area contributed by atoms with E-state index in [1.165, 1.54) is 12.7 Å². The highest BCUT2D eigenvalue weighted by molar-refractivity contribution is 5.83. The van der Waals surface area contributed by atoms with E-state index >= 15 is 0 Å². The molecule has 1 aliphatic rings. The maximum Gasteiger partial charge on any atom is 0.330 e. The second-order valence-electron chi connectivity index (χ2n) is 4.33. The third-order valence-corrected chi connectivity index (χ3v) is 3.31. The van der Waals surface area contributed by atoms with Gasteiger partial charge in [-0.15, -0.1) is 0 Å². The number of fused-ring (bicyclic) bond motifs is 1. The Labute approximate surface area is 95.6 Å². The standard InChI is InChI=1S/C13H17NO2/c1-16-12(15)13(14)9-5-4-7-10-6-2-3-8-11(10)13/h2-3,6,8H,4-5,7,9,14H2,1H3. The van der Waals surface area contributed by atoms with Gasteiger partial charge in [0.2, 0.25) is 0 Å². The van der Waals surface area contributed by atoms with Gasteiger partial charge in [-0.25, -0.2) is 4.79 Å². The number of aryl methyl sites for hydroxylation is 1. The summed E-state index contributed by atoms with van der Waals surface area (Å²) < 4.78 is 4.84. The Balaban J connectivity index is 2.50. The lowest BCUT2D eigenvalue weighted by Gasteiger charge is -2.27. The zero-order valence-electron chi connectivity index (χ0n) is 9.53. The molecule has 0 fully saturated rings. The molecular formula is C13H17NO2. The predicted molar refractivity (Wildman–Crippen MR) is 61.9 cm³/mol. The third-order valence-electron chi connectivity index (χ3n) is 3.31. The van der Waals surface area contributed by atoms with Crippen molar-refractivity contribution in [3.8, 4) is 0 Å². The molecule has 0 bridgehead atoms. The molecule has 1 atom stereocenters. The Hall–Kier alpha value is -1.35. The highest BCUT2D eigenvalue weighted by Crippen LogP contribution is 2.32. The van der Waals surface area contributed by atoms with E-state index in [-0.39, 0.29) is 5.97 Å². The summed E-state index contributed by atoms with van der Waals surface area (Å²) in [6.07, 6.45) is 3.69. The van der Waals surface area contributed by atoms with Crippen LogP contribution in [0.1, 0.15) is 30.4 Å². The fourth-order valence-corrected chi connectivity index (χ4v) is 2.42. The number of carbonyl (C=O) groups excluding carboxylic acids is 1. The quantitative estimate of drug-likeness (QED) is 0.578. The first-order chi connectivity index (χ1) is 7.68. The van der Waals surface area contributed by atoms with Gasteiger partial charge in [-0.3, -0.25) is 0 Å². The molecule has 1 aromatic carbocycles. The van der Waals surface area contributed by atoms with Crippen molar-refractivity contribution in [2.75, 3.05) is 7.11 Å². The van der Waals surface area contributed by atoms with Gasteiger partial charge in [-0.05, 0) is 30.4 Å². The number of methoxy groups -OCH3 is 1. The average molecular weight is 219 g/mol. The fourth-order valence-electron chi connectivity index (χ4n) is 2.42. The lowest BCUT2D eigenvalue weighted by Crippen LogP contribution is -2.45. The lowest BCUT2D eigenvalue weighted by molar-refractivity contribution is -0.147. The molecule has 1 unspecified atom stereocenters. The van der Waals surface area contributed by atoms with Crippen LogP contribution in [0.15, 0.2) is 24.3 Å². The molecule has 16 heavy (non-hydrogen) atoms. The number of ether oxygens (including phenoxy) is 1. The molecule has 2 rings (SSSR count). The number of rotatable bonds is 1. The molecule has 3 heteroatoms. The number of hydrogen-bond acceptors (Lipinski definition) is 3. The van der Waals surface area contributed by atoms with Gasteiger partial charge in [0.05, 0.1) is 7.11 Å². The number of carbonyl (C=O) groups is 1. The molecule has 86 valence electrons. The molecule has 0 amide bonds. The van der Waals surface area contributed by atoms with E-state index in [9.17, 15) is 4.79 Å². The summed E-state index contributed by atoms with van der Waals surface area (Å²) in [7, 11) is 1.39. The number of benzene rings is 1. The molecule has 0 heterocycles. The molecule has 0 spiro atoms. The number of esters is 1. The minimum Gasteiger partial charge on any atom is -0.467 e. The van der Waals surface area contributed by atoms with Crippen molar-refractivity contribution in [1.29, 1.82) is 0 Å². The van der Waals surface area contributed by atoms with E-state index in [0.29, 0.717) is 6.42 Å². The minimum absolute atomic E-state index is 0.332. The van der Waals surface area contributed by atoms with Crippen LogP contribution >= 0.6 is 0 Å². The fraction of sp³-hybridized carbons (Fsp3) is 0.462. The van der Waals surface area contributed by atoms with Crippen LogP contribution in [0.25, 0.3) is 0 Å². The molecule has 0 saturated heterocycles. The van der Waals surface area contributed by atoms with Gasteiger partial charge in [0.25, 0.3) is 0 Å². The second-order valence-corrected chi connectivity index (χ2v) is 4.33. The summed E-state index contributed by atoms with van der Waals surface area (Å²) in [5.41, 5.74) is 7.40. The van der Waals surface area contributed by atoms with Crippen molar-refractivity contribution in [3.63, 3.8) is 0 Å². The van der Waals surface area contributed by atoms with E-state index in [2.05, 4.69) is 0 Å². The van der Waals surface area contributed by atoms with Gasteiger partial charge < -0.3 is 10.5 Å². The van der Waals surface area contributed by atoms with Gasteiger partial charge in [0.15, 0.2) is 0 Å². The molecular weight excluding hydrogens is 202 g/mol. The lowest BCUT2D eigenvalue weighted by atomic mass is 9.85. The second kappa shape index (κ2) is 4.26. The third kappa shape index (κ3) is 1.71. The molecule has 3 nitrogen and oxygen atoms in total. The Kier molecular flexibility index (Phi) is 2.97. The van der Waals surface area contributed by atoms with Crippen molar-refractivity contribution < 1.29 is 9.53 Å². The normalized spacial score (nSPS) is 24.4. The van der Waals surface area contributed by atoms with E-state index in [1.54, 1.807) is 0 Å². The van der Waals surface area contributed by atoms with Gasteiger partial charge in [0.1, 0.15) is 5.54 Å². The minimum atomic E-state index is -0.957. The number of hydrogen-bond donors (Lipinski definition) is 1. The predicted octanol–water partition coefficient (Wildman–Crippen LogP) is 1.74. The highest BCUT2D eigenvalue weighted by atomic mass is 16.5. The van der Waals surface area contributed by atoms with Crippen LogP contribution in [0.5, 0.6) is 0 Å². The zero-order valence-corrected chi connectivity index (χ0v) is 9.53. The molecule has 0 radical (unpaired) electrons. The Morgan fingerprint density at radius 1 is 1.38 bits per heavy atom. The largest absolute Gasteiger partial charge is 0.467 e. The van der Waals surface area contributed by atoms with Gasteiger partial charge in [-0.1, -0.05) is 30.7 Å². The van der Waals surface area contributed by atoms with Gasteiger partial charge in [-0.2, -0.15) is 0 Å². The van der Waals surface area contributed by atoms with Gasteiger partial charge >= 0.3 is 5.97 Å².